The van der Waals surface area contributed by atoms with Crippen LogP contribution in [0.25, 0.3) is 0 Å². The molecule has 0 atom stereocenters. The fourth-order valence-electron chi connectivity index (χ4n) is 2.59. The number of hydrogen-bond donors (Lipinski definition) is 1. The number of rotatable bonds is 6. The molecular formula is C16H23NO2. The van der Waals surface area contributed by atoms with Crippen LogP contribution in [-0.4, -0.2) is 35.1 Å². The summed E-state index contributed by atoms with van der Waals surface area (Å²) >= 11 is 0. The minimum absolute atomic E-state index is 0.0621. The number of carbonyl (C=O) groups is 1. The normalized spacial score (nSPS) is 15.1. The zero-order chi connectivity index (χ0) is 13.7. The van der Waals surface area contributed by atoms with Crippen LogP contribution in [0.1, 0.15) is 36.8 Å². The summed E-state index contributed by atoms with van der Waals surface area (Å²) in [5, 5.41) is 9.09. The standard InChI is InChI=1S/C16H23NO2/c1-13-5-2-3-6-14(13)9-10-16(19)17(11-12-18)15-7-4-8-15/h2-3,5-6,15,18H,4,7-12H2,1H3. The Kier molecular flexibility index (Phi) is 4.97. The van der Waals surface area contributed by atoms with E-state index in [0.717, 1.165) is 19.3 Å². The van der Waals surface area contributed by atoms with Gasteiger partial charge in [0.25, 0.3) is 0 Å². The van der Waals surface area contributed by atoms with Crippen LogP contribution in [0.3, 0.4) is 0 Å². The summed E-state index contributed by atoms with van der Waals surface area (Å²) in [6.07, 6.45) is 4.73. The Hall–Kier alpha value is -1.35. The molecule has 1 fully saturated rings. The molecule has 104 valence electrons. The van der Waals surface area contributed by atoms with Gasteiger partial charge in [-0.2, -0.15) is 0 Å². The van der Waals surface area contributed by atoms with Crippen molar-refractivity contribution in [2.45, 2.75) is 45.1 Å². The summed E-state index contributed by atoms with van der Waals surface area (Å²) in [7, 11) is 0. The van der Waals surface area contributed by atoms with Crippen molar-refractivity contribution < 1.29 is 9.90 Å². The monoisotopic (exact) mass is 261 g/mol. The lowest BCUT2D eigenvalue weighted by atomic mass is 9.91. The van der Waals surface area contributed by atoms with Crippen molar-refractivity contribution in [1.29, 1.82) is 0 Å². The van der Waals surface area contributed by atoms with Crippen molar-refractivity contribution >= 4 is 5.91 Å². The second-order valence-electron chi connectivity index (χ2n) is 5.32. The molecule has 0 aliphatic heterocycles. The largest absolute Gasteiger partial charge is 0.395 e. The molecule has 1 N–H and O–H groups in total. The van der Waals surface area contributed by atoms with Gasteiger partial charge in [0.15, 0.2) is 0 Å². The highest BCUT2D eigenvalue weighted by molar-refractivity contribution is 5.77. The number of carbonyl (C=O) groups excluding carboxylic acids is 1. The molecule has 1 aliphatic rings. The molecule has 1 aliphatic carbocycles. The average Bonchev–Trinajstić information content (AvgIpc) is 2.35. The number of amides is 1. The Bertz CT molecular complexity index is 427. The molecule has 0 unspecified atom stereocenters. The Morgan fingerprint density at radius 3 is 2.68 bits per heavy atom. The number of benzene rings is 1. The first-order valence-electron chi connectivity index (χ1n) is 7.17. The Morgan fingerprint density at radius 2 is 2.11 bits per heavy atom. The number of aliphatic hydroxyl groups excluding tert-OH is 1. The molecule has 0 aromatic heterocycles. The number of aliphatic hydroxyl groups is 1. The van der Waals surface area contributed by atoms with Crippen LogP contribution in [0.5, 0.6) is 0 Å². The quantitative estimate of drug-likeness (QED) is 0.853. The SMILES string of the molecule is Cc1ccccc1CCC(=O)N(CCO)C1CCC1. The molecule has 0 bridgehead atoms. The molecule has 0 heterocycles. The molecule has 1 aromatic rings. The highest BCUT2D eigenvalue weighted by Gasteiger charge is 2.27. The van der Waals surface area contributed by atoms with Crippen LogP contribution in [-0.2, 0) is 11.2 Å². The highest BCUT2D eigenvalue weighted by atomic mass is 16.3. The second kappa shape index (κ2) is 6.71. The molecule has 2 rings (SSSR count). The number of nitrogens with zero attached hydrogens (tertiary/aromatic N) is 1. The van der Waals surface area contributed by atoms with Gasteiger partial charge in [-0.1, -0.05) is 24.3 Å². The molecule has 3 nitrogen and oxygen atoms in total. The van der Waals surface area contributed by atoms with E-state index in [1.165, 1.54) is 17.5 Å². The first-order valence-corrected chi connectivity index (χ1v) is 7.17. The van der Waals surface area contributed by atoms with Gasteiger partial charge >= 0.3 is 0 Å². The molecule has 3 heteroatoms. The lowest BCUT2D eigenvalue weighted by Crippen LogP contribution is -2.45. The van der Waals surface area contributed by atoms with E-state index in [4.69, 9.17) is 5.11 Å². The predicted molar refractivity (Wildman–Crippen MR) is 75.9 cm³/mol. The van der Waals surface area contributed by atoms with Crippen molar-refractivity contribution in [2.24, 2.45) is 0 Å². The first-order chi connectivity index (χ1) is 9.22. The maximum Gasteiger partial charge on any atom is 0.223 e. The van der Waals surface area contributed by atoms with Crippen LogP contribution in [0.2, 0.25) is 0 Å². The van der Waals surface area contributed by atoms with Crippen LogP contribution in [0, 0.1) is 6.92 Å². The van der Waals surface area contributed by atoms with Crippen molar-refractivity contribution in [3.05, 3.63) is 35.4 Å². The maximum atomic E-state index is 12.3. The lowest BCUT2D eigenvalue weighted by Gasteiger charge is -2.37. The van der Waals surface area contributed by atoms with Crippen LogP contribution < -0.4 is 0 Å². The second-order valence-corrected chi connectivity index (χ2v) is 5.32. The van der Waals surface area contributed by atoms with Crippen molar-refractivity contribution in [1.82, 2.24) is 4.90 Å². The minimum Gasteiger partial charge on any atom is -0.395 e. The van der Waals surface area contributed by atoms with Crippen molar-refractivity contribution in [3.8, 4) is 0 Å². The molecular weight excluding hydrogens is 238 g/mol. The third-order valence-electron chi connectivity index (χ3n) is 4.05. The van der Waals surface area contributed by atoms with Crippen LogP contribution in [0.15, 0.2) is 24.3 Å². The molecule has 0 spiro atoms. The van der Waals surface area contributed by atoms with Gasteiger partial charge in [0.1, 0.15) is 0 Å². The minimum atomic E-state index is 0.0621. The smallest absolute Gasteiger partial charge is 0.223 e. The summed E-state index contributed by atoms with van der Waals surface area (Å²) in [5.41, 5.74) is 2.49. The summed E-state index contributed by atoms with van der Waals surface area (Å²) in [6, 6.07) is 8.58. The zero-order valence-electron chi connectivity index (χ0n) is 11.6. The van der Waals surface area contributed by atoms with E-state index in [2.05, 4.69) is 19.1 Å². The molecule has 0 saturated heterocycles. The predicted octanol–water partition coefficient (Wildman–Crippen LogP) is 2.30. The van der Waals surface area contributed by atoms with Gasteiger partial charge in [-0.15, -0.1) is 0 Å². The van der Waals surface area contributed by atoms with E-state index in [1.807, 2.05) is 17.0 Å². The summed E-state index contributed by atoms with van der Waals surface area (Å²) in [6.45, 7) is 2.63. The van der Waals surface area contributed by atoms with E-state index in [0.29, 0.717) is 19.0 Å². The lowest BCUT2D eigenvalue weighted by molar-refractivity contribution is -0.135. The first kappa shape index (κ1) is 14.1. The van der Waals surface area contributed by atoms with Crippen LogP contribution >= 0.6 is 0 Å². The molecule has 0 radical (unpaired) electrons. The molecule has 1 aromatic carbocycles. The van der Waals surface area contributed by atoms with E-state index in [1.54, 1.807) is 0 Å². The van der Waals surface area contributed by atoms with Gasteiger partial charge in [-0.3, -0.25) is 4.79 Å². The van der Waals surface area contributed by atoms with Crippen molar-refractivity contribution in [3.63, 3.8) is 0 Å². The third kappa shape index (κ3) is 3.57. The summed E-state index contributed by atoms with van der Waals surface area (Å²) in [4.78, 5) is 14.1. The third-order valence-corrected chi connectivity index (χ3v) is 4.05. The van der Waals surface area contributed by atoms with Gasteiger partial charge in [-0.25, -0.2) is 0 Å². The molecule has 19 heavy (non-hydrogen) atoms. The van der Waals surface area contributed by atoms with E-state index >= 15 is 0 Å². The Labute approximate surface area is 115 Å². The zero-order valence-corrected chi connectivity index (χ0v) is 11.6. The van der Waals surface area contributed by atoms with Gasteiger partial charge in [-0.05, 0) is 43.7 Å². The molecule has 1 saturated carbocycles. The van der Waals surface area contributed by atoms with Gasteiger partial charge < -0.3 is 10.0 Å². The van der Waals surface area contributed by atoms with Crippen LogP contribution in [0.4, 0.5) is 0 Å². The number of aryl methyl sites for hydroxylation is 2. The summed E-state index contributed by atoms with van der Waals surface area (Å²) in [5.74, 6) is 0.182. The van der Waals surface area contributed by atoms with Gasteiger partial charge in [0.05, 0.1) is 6.61 Å². The highest BCUT2D eigenvalue weighted by Crippen LogP contribution is 2.25. The van der Waals surface area contributed by atoms with E-state index < -0.39 is 0 Å². The van der Waals surface area contributed by atoms with Crippen molar-refractivity contribution in [2.75, 3.05) is 13.2 Å². The fraction of sp³-hybridized carbons (Fsp3) is 0.562. The number of hydrogen-bond acceptors (Lipinski definition) is 2. The van der Waals surface area contributed by atoms with Gasteiger partial charge in [0.2, 0.25) is 5.91 Å². The topological polar surface area (TPSA) is 40.5 Å². The van der Waals surface area contributed by atoms with Gasteiger partial charge in [0, 0.05) is 19.0 Å². The Morgan fingerprint density at radius 1 is 1.37 bits per heavy atom. The maximum absolute atomic E-state index is 12.3. The fourth-order valence-corrected chi connectivity index (χ4v) is 2.59. The van der Waals surface area contributed by atoms with E-state index in [-0.39, 0.29) is 12.5 Å². The average molecular weight is 261 g/mol. The Balaban J connectivity index is 1.90. The molecule has 1 amide bonds. The summed E-state index contributed by atoms with van der Waals surface area (Å²) < 4.78 is 0. The van der Waals surface area contributed by atoms with E-state index in [9.17, 15) is 4.79 Å².